The quantitative estimate of drug-likeness (QED) is 0.574. The molecule has 0 aliphatic carbocycles. The lowest BCUT2D eigenvalue weighted by molar-refractivity contribution is 1.13. The van der Waals surface area contributed by atoms with Crippen molar-refractivity contribution in [2.45, 2.75) is 13.7 Å². The van der Waals surface area contributed by atoms with E-state index in [0.717, 1.165) is 0 Å². The SMILES string of the molecule is [2H]c1c(C([2H])([2H])[2H])nc(C([2H])([2H])[2H])c(N)c1[2H]. The van der Waals surface area contributed by atoms with E-state index in [-0.39, 0.29) is 0 Å². The summed E-state index contributed by atoms with van der Waals surface area (Å²) in [6, 6.07) is -1.30. The topological polar surface area (TPSA) is 38.9 Å². The molecule has 0 aliphatic heterocycles. The van der Waals surface area contributed by atoms with E-state index in [2.05, 4.69) is 4.98 Å². The maximum absolute atomic E-state index is 7.43. The smallest absolute Gasteiger partial charge is 0.0646 e. The molecule has 1 heterocycles. The fourth-order valence-electron chi connectivity index (χ4n) is 0.386. The Labute approximate surface area is 66.0 Å². The Bertz CT molecular complexity index is 408. The third-order valence-corrected chi connectivity index (χ3v) is 0.794. The van der Waals surface area contributed by atoms with Crippen molar-refractivity contribution in [1.29, 1.82) is 0 Å². The summed E-state index contributed by atoms with van der Waals surface area (Å²) in [4.78, 5) is 3.42. The van der Waals surface area contributed by atoms with Gasteiger partial charge in [-0.05, 0) is 25.8 Å². The molecule has 1 rings (SSSR count). The van der Waals surface area contributed by atoms with Gasteiger partial charge in [0.2, 0.25) is 0 Å². The first kappa shape index (κ1) is 1.51. The van der Waals surface area contributed by atoms with Crippen LogP contribution >= 0.6 is 0 Å². The summed E-state index contributed by atoms with van der Waals surface area (Å²) >= 11 is 0. The molecule has 0 radical (unpaired) electrons. The third kappa shape index (κ3) is 1.19. The molecule has 0 unspecified atom stereocenters. The van der Waals surface area contributed by atoms with Gasteiger partial charge in [-0.2, -0.15) is 0 Å². The Morgan fingerprint density at radius 1 is 1.67 bits per heavy atom. The van der Waals surface area contributed by atoms with Crippen LogP contribution in [0.3, 0.4) is 0 Å². The molecule has 1 aromatic rings. The molecule has 2 heteroatoms. The lowest BCUT2D eigenvalue weighted by Crippen LogP contribution is -1.93. The largest absolute Gasteiger partial charge is 0.397 e. The van der Waals surface area contributed by atoms with Gasteiger partial charge in [-0.1, -0.05) is 0 Å². The summed E-state index contributed by atoms with van der Waals surface area (Å²) in [5, 5.41) is 0. The van der Waals surface area contributed by atoms with Gasteiger partial charge in [0.25, 0.3) is 0 Å². The van der Waals surface area contributed by atoms with Gasteiger partial charge in [0.15, 0.2) is 0 Å². The highest BCUT2D eigenvalue weighted by Gasteiger charge is 1.91. The van der Waals surface area contributed by atoms with Crippen LogP contribution in [0, 0.1) is 13.7 Å². The average molecular weight is 130 g/mol. The van der Waals surface area contributed by atoms with Crippen LogP contribution in [0.25, 0.3) is 0 Å². The highest BCUT2D eigenvalue weighted by Crippen LogP contribution is 2.06. The Kier molecular flexibility index (Phi) is 0.344. The van der Waals surface area contributed by atoms with Gasteiger partial charge in [0.05, 0.1) is 14.1 Å². The second kappa shape index (κ2) is 2.05. The lowest BCUT2D eigenvalue weighted by atomic mass is 10.3. The fraction of sp³-hybridized carbons (Fsp3) is 0.286. The maximum atomic E-state index is 7.43. The standard InChI is InChI=1S/C7H10N2/c1-5-3-4-7(8)6(2)9-5/h3-4H,8H2,1-2H3/i1D3,2D3,3D,4D. The zero-order chi connectivity index (χ0) is 13.6. The van der Waals surface area contributed by atoms with Crippen molar-refractivity contribution in [2.75, 3.05) is 5.73 Å². The van der Waals surface area contributed by atoms with Crippen molar-refractivity contribution in [3.63, 3.8) is 0 Å². The van der Waals surface area contributed by atoms with Gasteiger partial charge >= 0.3 is 0 Å². The van der Waals surface area contributed by atoms with E-state index in [9.17, 15) is 0 Å². The minimum atomic E-state index is -2.75. The zero-order valence-electron chi connectivity index (χ0n) is 12.5. The molecule has 0 aromatic carbocycles. The third-order valence-electron chi connectivity index (χ3n) is 0.794. The summed E-state index contributed by atoms with van der Waals surface area (Å²) < 4.78 is 57.7. The summed E-state index contributed by atoms with van der Waals surface area (Å²) in [5.74, 6) is 0. The number of anilines is 1. The summed E-state index contributed by atoms with van der Waals surface area (Å²) in [6.07, 6.45) is 0. The number of pyridine rings is 1. The van der Waals surface area contributed by atoms with Crippen molar-refractivity contribution in [1.82, 2.24) is 4.98 Å². The van der Waals surface area contributed by atoms with Crippen LogP contribution in [0.4, 0.5) is 5.69 Å². The predicted molar refractivity (Wildman–Crippen MR) is 38.1 cm³/mol. The Morgan fingerprint density at radius 2 is 2.56 bits per heavy atom. The molecule has 0 spiro atoms. The van der Waals surface area contributed by atoms with E-state index in [1.165, 1.54) is 0 Å². The second-order valence-electron chi connectivity index (χ2n) is 1.47. The molecule has 2 N–H and O–H groups in total. The van der Waals surface area contributed by atoms with Crippen LogP contribution in [-0.4, -0.2) is 4.98 Å². The van der Waals surface area contributed by atoms with Crippen molar-refractivity contribution < 1.29 is 11.0 Å². The number of nitrogens with two attached hydrogens (primary N) is 1. The highest BCUT2D eigenvalue weighted by atomic mass is 14.7. The summed E-state index contributed by atoms with van der Waals surface area (Å²) in [6.45, 7) is -5.46. The molecular formula is C7H10N2. The molecule has 2 nitrogen and oxygen atoms in total. The Hall–Kier alpha value is -1.05. The molecule has 0 aliphatic rings. The van der Waals surface area contributed by atoms with Crippen molar-refractivity contribution in [3.8, 4) is 0 Å². The van der Waals surface area contributed by atoms with E-state index in [1.807, 2.05) is 0 Å². The Balaban J connectivity index is 3.63. The maximum Gasteiger partial charge on any atom is 0.0646 e. The van der Waals surface area contributed by atoms with E-state index in [4.69, 9.17) is 16.7 Å². The number of aryl methyl sites for hydroxylation is 2. The normalized spacial score (nSPS) is 25.3. The average Bonchev–Trinajstić information content (AvgIpc) is 2.10. The number of hydrogen-bond acceptors (Lipinski definition) is 2. The predicted octanol–water partition coefficient (Wildman–Crippen LogP) is 1.28. The van der Waals surface area contributed by atoms with Gasteiger partial charge in [-0.25, -0.2) is 0 Å². The molecule has 0 amide bonds. The van der Waals surface area contributed by atoms with Crippen molar-refractivity contribution in [2.24, 2.45) is 0 Å². The van der Waals surface area contributed by atoms with Crippen LogP contribution in [-0.2, 0) is 0 Å². The van der Waals surface area contributed by atoms with E-state index in [0.29, 0.717) is 0 Å². The van der Waals surface area contributed by atoms with Crippen LogP contribution in [0.5, 0.6) is 0 Å². The molecule has 0 fully saturated rings. The monoisotopic (exact) mass is 130 g/mol. The van der Waals surface area contributed by atoms with Crippen molar-refractivity contribution in [3.05, 3.63) is 23.5 Å². The van der Waals surface area contributed by atoms with Crippen LogP contribution in [0.2, 0.25) is 0 Å². The van der Waals surface area contributed by atoms with Gasteiger partial charge in [0, 0.05) is 13.9 Å². The molecular weight excluding hydrogens is 112 g/mol. The number of aromatic nitrogens is 1. The van der Waals surface area contributed by atoms with Gasteiger partial charge in [-0.3, -0.25) is 4.98 Å². The van der Waals surface area contributed by atoms with Gasteiger partial charge in [0.1, 0.15) is 0 Å². The van der Waals surface area contributed by atoms with Gasteiger partial charge in [-0.15, -0.1) is 0 Å². The minimum Gasteiger partial charge on any atom is -0.397 e. The molecule has 48 valence electrons. The molecule has 0 saturated heterocycles. The lowest BCUT2D eigenvalue weighted by Gasteiger charge is -1.97. The number of nitrogens with zero attached hydrogens (tertiary/aromatic N) is 1. The van der Waals surface area contributed by atoms with Crippen molar-refractivity contribution >= 4 is 5.69 Å². The second-order valence-corrected chi connectivity index (χ2v) is 1.47. The van der Waals surface area contributed by atoms with E-state index < -0.39 is 42.9 Å². The zero-order valence-corrected chi connectivity index (χ0v) is 4.52. The summed E-state index contributed by atoms with van der Waals surface area (Å²) in [5.41, 5.74) is 3.52. The number of rotatable bonds is 0. The molecule has 0 saturated carbocycles. The number of hydrogen-bond donors (Lipinski definition) is 1. The van der Waals surface area contributed by atoms with Crippen LogP contribution in [0.1, 0.15) is 22.4 Å². The van der Waals surface area contributed by atoms with E-state index >= 15 is 0 Å². The van der Waals surface area contributed by atoms with Gasteiger partial charge < -0.3 is 5.73 Å². The van der Waals surface area contributed by atoms with Crippen LogP contribution < -0.4 is 5.73 Å². The number of nitrogen functional groups attached to an aromatic ring is 1. The van der Waals surface area contributed by atoms with Crippen LogP contribution in [0.15, 0.2) is 12.1 Å². The highest BCUT2D eigenvalue weighted by molar-refractivity contribution is 5.41. The first-order valence-corrected chi connectivity index (χ1v) is 2.24. The fourth-order valence-corrected chi connectivity index (χ4v) is 0.386. The summed E-state index contributed by atoms with van der Waals surface area (Å²) in [7, 11) is 0. The molecule has 0 bridgehead atoms. The molecule has 1 aromatic heterocycles. The first-order valence-electron chi connectivity index (χ1n) is 6.24. The van der Waals surface area contributed by atoms with E-state index in [1.54, 1.807) is 0 Å². The molecule has 0 atom stereocenters. The minimum absolute atomic E-state index is 0.483. The first-order chi connectivity index (χ1) is 7.46. The molecule has 9 heavy (non-hydrogen) atoms. The Morgan fingerprint density at radius 3 is 3.22 bits per heavy atom.